The monoisotopic (exact) mass is 336 g/mol. The van der Waals surface area contributed by atoms with Gasteiger partial charge in [-0.3, -0.25) is 10.1 Å². The van der Waals surface area contributed by atoms with E-state index in [2.05, 4.69) is 21.2 Å². The third kappa shape index (κ3) is 2.29. The van der Waals surface area contributed by atoms with Crippen LogP contribution in [0.25, 0.3) is 0 Å². The molecule has 108 valence electrons. The molecule has 1 aromatic rings. The summed E-state index contributed by atoms with van der Waals surface area (Å²) in [7, 11) is 0. The predicted molar refractivity (Wildman–Crippen MR) is 83.3 cm³/mol. The summed E-state index contributed by atoms with van der Waals surface area (Å²) in [5.74, 6) is -0.236. The van der Waals surface area contributed by atoms with Crippen LogP contribution in [0.4, 0.5) is 0 Å². The molecule has 2 aliphatic carbocycles. The second-order valence-electron chi connectivity index (χ2n) is 6.01. The molecular weight excluding hydrogens is 316 g/mol. The maximum Gasteiger partial charge on any atom is 0.242 e. The van der Waals surface area contributed by atoms with Crippen LogP contribution in [0.1, 0.15) is 49.7 Å². The topological polar surface area (TPSA) is 55.1 Å². The molecule has 0 bridgehead atoms. The van der Waals surface area contributed by atoms with Crippen LogP contribution in [0.2, 0.25) is 0 Å². The minimum Gasteiger partial charge on any atom is -0.368 e. The largest absolute Gasteiger partial charge is 0.368 e. The van der Waals surface area contributed by atoms with E-state index in [9.17, 15) is 4.79 Å². The third-order valence-corrected chi connectivity index (χ3v) is 5.55. The molecule has 0 saturated heterocycles. The molecule has 1 aromatic carbocycles. The quantitative estimate of drug-likeness (QED) is 0.891. The van der Waals surface area contributed by atoms with Crippen LogP contribution in [0, 0.1) is 0 Å². The van der Waals surface area contributed by atoms with Crippen LogP contribution >= 0.6 is 15.9 Å². The summed E-state index contributed by atoms with van der Waals surface area (Å²) in [6, 6.07) is 6.50. The van der Waals surface area contributed by atoms with Gasteiger partial charge in [-0.15, -0.1) is 0 Å². The zero-order valence-corrected chi connectivity index (χ0v) is 13.2. The fourth-order valence-corrected chi connectivity index (χ4v) is 4.30. The number of nitrogens with one attached hydrogen (secondary N) is 1. The first-order valence-corrected chi connectivity index (χ1v) is 8.28. The van der Waals surface area contributed by atoms with Crippen LogP contribution in [0.5, 0.6) is 0 Å². The van der Waals surface area contributed by atoms with Crippen LogP contribution in [-0.2, 0) is 16.8 Å². The summed E-state index contributed by atoms with van der Waals surface area (Å²) in [4.78, 5) is 12.2. The number of halogens is 1. The van der Waals surface area contributed by atoms with Gasteiger partial charge >= 0.3 is 0 Å². The lowest BCUT2D eigenvalue weighted by Crippen LogP contribution is -2.55. The summed E-state index contributed by atoms with van der Waals surface area (Å²) < 4.78 is 1.09. The van der Waals surface area contributed by atoms with Gasteiger partial charge in [0, 0.05) is 10.5 Å². The van der Waals surface area contributed by atoms with Crippen molar-refractivity contribution in [2.75, 3.05) is 0 Å². The van der Waals surface area contributed by atoms with E-state index in [4.69, 9.17) is 5.73 Å². The number of amides is 1. The molecular formula is C16H21BrN2O. The summed E-state index contributed by atoms with van der Waals surface area (Å²) in [5.41, 5.74) is 7.44. The molecule has 1 atom stereocenters. The minimum absolute atomic E-state index is 0.236. The number of fused-ring (bicyclic) bond motifs is 1. The Hall–Kier alpha value is -0.870. The number of hydrogen-bond donors (Lipinski definition) is 2. The standard InChI is InChI=1S/C16H21BrN2O/c17-14-8-4-7-13-12(14)9-10-16(13,15(18)20)19-11-5-2-1-3-6-11/h4,7-8,11,19H,1-3,5-6,9-10H2,(H2,18,20). The molecule has 0 radical (unpaired) electrons. The maximum absolute atomic E-state index is 12.2. The summed E-state index contributed by atoms with van der Waals surface area (Å²) in [6.07, 6.45) is 7.78. The van der Waals surface area contributed by atoms with Crippen molar-refractivity contribution >= 4 is 21.8 Å². The molecule has 2 aliphatic rings. The van der Waals surface area contributed by atoms with Crippen molar-refractivity contribution in [3.63, 3.8) is 0 Å². The van der Waals surface area contributed by atoms with E-state index in [1.807, 2.05) is 18.2 Å². The highest BCUT2D eigenvalue weighted by atomic mass is 79.9. The first kappa shape index (κ1) is 14.1. The Morgan fingerprint density at radius 3 is 2.75 bits per heavy atom. The highest BCUT2D eigenvalue weighted by Crippen LogP contribution is 2.41. The molecule has 1 saturated carbocycles. The first-order valence-electron chi connectivity index (χ1n) is 7.49. The van der Waals surface area contributed by atoms with Crippen LogP contribution in [0.15, 0.2) is 22.7 Å². The molecule has 3 nitrogen and oxygen atoms in total. The van der Waals surface area contributed by atoms with Gasteiger partial charge in [-0.25, -0.2) is 0 Å². The van der Waals surface area contributed by atoms with Crippen LogP contribution in [-0.4, -0.2) is 11.9 Å². The molecule has 1 amide bonds. The number of carbonyl (C=O) groups is 1. The van der Waals surface area contributed by atoms with E-state index in [-0.39, 0.29) is 5.91 Å². The average molecular weight is 337 g/mol. The Balaban J connectivity index is 1.95. The molecule has 1 unspecified atom stereocenters. The predicted octanol–water partition coefficient (Wildman–Crippen LogP) is 3.00. The van der Waals surface area contributed by atoms with Crippen molar-refractivity contribution in [1.29, 1.82) is 0 Å². The second kappa shape index (κ2) is 5.49. The molecule has 20 heavy (non-hydrogen) atoms. The number of benzene rings is 1. The van der Waals surface area contributed by atoms with Crippen molar-refractivity contribution in [2.24, 2.45) is 5.73 Å². The number of rotatable bonds is 3. The van der Waals surface area contributed by atoms with Crippen LogP contribution in [0.3, 0.4) is 0 Å². The summed E-state index contributed by atoms with van der Waals surface area (Å²) >= 11 is 3.59. The molecule has 4 heteroatoms. The SMILES string of the molecule is NC(=O)C1(NC2CCCCC2)CCc2c(Br)cccc21. The molecule has 3 rings (SSSR count). The van der Waals surface area contributed by atoms with Gasteiger partial charge in [-0.1, -0.05) is 47.3 Å². The van der Waals surface area contributed by atoms with E-state index in [1.54, 1.807) is 0 Å². The van der Waals surface area contributed by atoms with Crippen molar-refractivity contribution in [1.82, 2.24) is 5.32 Å². The van der Waals surface area contributed by atoms with Gasteiger partial charge in [0.15, 0.2) is 0 Å². The van der Waals surface area contributed by atoms with Gasteiger partial charge in [0.1, 0.15) is 5.54 Å². The Morgan fingerprint density at radius 1 is 1.30 bits per heavy atom. The zero-order chi connectivity index (χ0) is 14.2. The zero-order valence-electron chi connectivity index (χ0n) is 11.6. The average Bonchev–Trinajstić information content (AvgIpc) is 2.82. The van der Waals surface area contributed by atoms with Gasteiger partial charge in [0.2, 0.25) is 5.91 Å². The van der Waals surface area contributed by atoms with Crippen molar-refractivity contribution in [3.8, 4) is 0 Å². The lowest BCUT2D eigenvalue weighted by atomic mass is 9.86. The highest BCUT2D eigenvalue weighted by molar-refractivity contribution is 9.10. The maximum atomic E-state index is 12.2. The van der Waals surface area contributed by atoms with Crippen LogP contribution < -0.4 is 11.1 Å². The lowest BCUT2D eigenvalue weighted by molar-refractivity contribution is -0.125. The van der Waals surface area contributed by atoms with Crippen molar-refractivity contribution < 1.29 is 4.79 Å². The van der Waals surface area contributed by atoms with E-state index in [1.165, 1.54) is 24.8 Å². The lowest BCUT2D eigenvalue weighted by Gasteiger charge is -2.35. The van der Waals surface area contributed by atoms with Gasteiger partial charge in [0.25, 0.3) is 0 Å². The first-order chi connectivity index (χ1) is 9.63. The Morgan fingerprint density at radius 2 is 2.05 bits per heavy atom. The van der Waals surface area contributed by atoms with E-state index in [0.717, 1.165) is 35.7 Å². The van der Waals surface area contributed by atoms with Gasteiger partial charge < -0.3 is 5.73 Å². The fourth-order valence-electron chi connectivity index (χ4n) is 3.73. The van der Waals surface area contributed by atoms with E-state index in [0.29, 0.717) is 6.04 Å². The van der Waals surface area contributed by atoms with E-state index >= 15 is 0 Å². The Bertz CT molecular complexity index is 525. The molecule has 1 fully saturated rings. The number of primary amides is 1. The van der Waals surface area contributed by atoms with E-state index < -0.39 is 5.54 Å². The van der Waals surface area contributed by atoms with Gasteiger partial charge in [-0.05, 0) is 42.9 Å². The Labute approximate surface area is 128 Å². The Kier molecular flexibility index (Phi) is 3.87. The molecule has 0 aromatic heterocycles. The summed E-state index contributed by atoms with van der Waals surface area (Å²) in [5, 5.41) is 3.62. The number of hydrogen-bond acceptors (Lipinski definition) is 2. The summed E-state index contributed by atoms with van der Waals surface area (Å²) in [6.45, 7) is 0. The van der Waals surface area contributed by atoms with Crippen molar-refractivity contribution in [2.45, 2.75) is 56.5 Å². The third-order valence-electron chi connectivity index (χ3n) is 4.80. The molecule has 0 spiro atoms. The highest BCUT2D eigenvalue weighted by Gasteiger charge is 2.45. The van der Waals surface area contributed by atoms with Gasteiger partial charge in [0.05, 0.1) is 0 Å². The normalized spacial score (nSPS) is 26.4. The number of carbonyl (C=O) groups excluding carboxylic acids is 1. The van der Waals surface area contributed by atoms with Crippen molar-refractivity contribution in [3.05, 3.63) is 33.8 Å². The smallest absolute Gasteiger partial charge is 0.242 e. The fraction of sp³-hybridized carbons (Fsp3) is 0.562. The molecule has 0 heterocycles. The minimum atomic E-state index is -0.666. The molecule has 3 N–H and O–H groups in total. The number of nitrogens with two attached hydrogens (primary N) is 1. The second-order valence-corrected chi connectivity index (χ2v) is 6.87. The molecule has 0 aliphatic heterocycles. The van der Waals surface area contributed by atoms with Gasteiger partial charge in [-0.2, -0.15) is 0 Å².